The van der Waals surface area contributed by atoms with Crippen molar-refractivity contribution >= 4 is 15.9 Å². The highest BCUT2D eigenvalue weighted by molar-refractivity contribution is 7.91. The molecule has 0 saturated carbocycles. The van der Waals surface area contributed by atoms with Gasteiger partial charge in [0.15, 0.2) is 9.84 Å². The largest absolute Gasteiger partial charge is 0.336 e. The lowest BCUT2D eigenvalue weighted by atomic mass is 10.0. The van der Waals surface area contributed by atoms with Crippen LogP contribution >= 0.6 is 0 Å². The monoisotopic (exact) mass is 337 g/mol. The molecule has 1 aromatic rings. The molecule has 0 spiro atoms. The summed E-state index contributed by atoms with van der Waals surface area (Å²) in [5.41, 5.74) is 0. The topological polar surface area (TPSA) is 69.7 Å². The van der Waals surface area contributed by atoms with Crippen LogP contribution in [0.25, 0.3) is 0 Å². The van der Waals surface area contributed by atoms with E-state index in [1.807, 2.05) is 11.0 Å². The minimum Gasteiger partial charge on any atom is -0.336 e. The van der Waals surface area contributed by atoms with E-state index in [4.69, 9.17) is 0 Å². The van der Waals surface area contributed by atoms with Crippen LogP contribution < -0.4 is 5.32 Å². The number of urea groups is 1. The molecule has 0 aliphatic carbocycles. The number of carbonyl (C=O) groups excluding carboxylic acids is 1. The number of sulfone groups is 1. The van der Waals surface area contributed by atoms with E-state index in [0.29, 0.717) is 18.0 Å². The molecule has 126 valence electrons. The summed E-state index contributed by atoms with van der Waals surface area (Å²) in [6, 6.07) is 8.80. The standard InChI is InChI=1S/C16H23N3O3S/c20-16-17-8-10-19(16)14-5-4-9-18(13-14)11-12-23(21,22)15-6-2-1-3-7-15/h1-3,6-7,14H,4-5,8-13H2,(H,17,20)/t14-/m1/s1. The Bertz CT molecular complexity index is 648. The van der Waals surface area contributed by atoms with Crippen LogP contribution in [-0.2, 0) is 9.84 Å². The summed E-state index contributed by atoms with van der Waals surface area (Å²) in [7, 11) is -3.24. The van der Waals surface area contributed by atoms with E-state index >= 15 is 0 Å². The number of rotatable bonds is 5. The molecule has 2 fully saturated rings. The quantitative estimate of drug-likeness (QED) is 0.868. The zero-order chi connectivity index (χ0) is 16.3. The maximum absolute atomic E-state index is 12.4. The molecule has 0 aromatic heterocycles. The van der Waals surface area contributed by atoms with Gasteiger partial charge in [-0.2, -0.15) is 0 Å². The van der Waals surface area contributed by atoms with Crippen molar-refractivity contribution in [1.82, 2.24) is 15.1 Å². The number of nitrogens with one attached hydrogen (secondary N) is 1. The highest BCUT2D eigenvalue weighted by Gasteiger charge is 2.31. The summed E-state index contributed by atoms with van der Waals surface area (Å²) in [5, 5.41) is 2.83. The lowest BCUT2D eigenvalue weighted by molar-refractivity contribution is 0.130. The maximum Gasteiger partial charge on any atom is 0.317 e. The molecule has 2 aliphatic rings. The fourth-order valence-corrected chi connectivity index (χ4v) is 4.62. The van der Waals surface area contributed by atoms with E-state index in [2.05, 4.69) is 10.2 Å². The summed E-state index contributed by atoms with van der Waals surface area (Å²) in [6.45, 7) is 3.63. The molecule has 0 bridgehead atoms. The van der Waals surface area contributed by atoms with Gasteiger partial charge in [-0.3, -0.25) is 0 Å². The summed E-state index contributed by atoms with van der Waals surface area (Å²) in [6.07, 6.45) is 2.00. The third kappa shape index (κ3) is 3.84. The number of likely N-dealkylation sites (tertiary alicyclic amines) is 1. The van der Waals surface area contributed by atoms with Gasteiger partial charge in [-0.15, -0.1) is 0 Å². The summed E-state index contributed by atoms with van der Waals surface area (Å²) in [4.78, 5) is 16.2. The highest BCUT2D eigenvalue weighted by atomic mass is 32.2. The van der Waals surface area contributed by atoms with Crippen LogP contribution in [0.2, 0.25) is 0 Å². The van der Waals surface area contributed by atoms with E-state index in [1.54, 1.807) is 24.3 Å². The van der Waals surface area contributed by atoms with E-state index in [9.17, 15) is 13.2 Å². The van der Waals surface area contributed by atoms with Crippen molar-refractivity contribution in [2.75, 3.05) is 38.5 Å². The third-order valence-electron chi connectivity index (χ3n) is 4.59. The first-order chi connectivity index (χ1) is 11.1. The van der Waals surface area contributed by atoms with Gasteiger partial charge >= 0.3 is 6.03 Å². The number of nitrogens with zero attached hydrogens (tertiary/aromatic N) is 2. The summed E-state index contributed by atoms with van der Waals surface area (Å²) in [5.74, 6) is 0.121. The molecule has 23 heavy (non-hydrogen) atoms. The molecule has 1 N–H and O–H groups in total. The molecule has 3 rings (SSSR count). The van der Waals surface area contributed by atoms with Gasteiger partial charge in [0.05, 0.1) is 10.6 Å². The molecule has 1 aromatic carbocycles. The Labute approximate surface area is 137 Å². The lowest BCUT2D eigenvalue weighted by Gasteiger charge is -2.36. The van der Waals surface area contributed by atoms with Crippen LogP contribution in [0.3, 0.4) is 0 Å². The lowest BCUT2D eigenvalue weighted by Crippen LogP contribution is -2.49. The van der Waals surface area contributed by atoms with Crippen LogP contribution in [0.4, 0.5) is 4.79 Å². The minimum atomic E-state index is -3.24. The van der Waals surface area contributed by atoms with Gasteiger partial charge < -0.3 is 15.1 Å². The summed E-state index contributed by atoms with van der Waals surface area (Å²) >= 11 is 0. The third-order valence-corrected chi connectivity index (χ3v) is 6.30. The first-order valence-electron chi connectivity index (χ1n) is 8.11. The zero-order valence-corrected chi connectivity index (χ0v) is 14.0. The molecular weight excluding hydrogens is 314 g/mol. The fraction of sp³-hybridized carbons (Fsp3) is 0.562. The second-order valence-electron chi connectivity index (χ2n) is 6.15. The second kappa shape index (κ2) is 6.88. The average Bonchev–Trinajstić information content (AvgIpc) is 3.00. The van der Waals surface area contributed by atoms with Crippen molar-refractivity contribution in [2.24, 2.45) is 0 Å². The predicted octanol–water partition coefficient (Wildman–Crippen LogP) is 0.950. The smallest absolute Gasteiger partial charge is 0.317 e. The van der Waals surface area contributed by atoms with E-state index in [0.717, 1.165) is 32.5 Å². The molecule has 1 atom stereocenters. The Morgan fingerprint density at radius 3 is 2.65 bits per heavy atom. The SMILES string of the molecule is O=C1NCCN1[C@@H]1CCCN(CCS(=O)(=O)c2ccccc2)C1. The van der Waals surface area contributed by atoms with Gasteiger partial charge in [-0.05, 0) is 31.5 Å². The van der Waals surface area contributed by atoms with Gasteiger partial charge in [-0.25, -0.2) is 13.2 Å². The molecule has 7 heteroatoms. The number of piperidine rings is 1. The van der Waals surface area contributed by atoms with Crippen molar-refractivity contribution in [3.8, 4) is 0 Å². The number of carbonyl (C=O) groups is 1. The molecule has 0 radical (unpaired) electrons. The van der Waals surface area contributed by atoms with Gasteiger partial charge in [0.2, 0.25) is 0 Å². The number of hydrogen-bond donors (Lipinski definition) is 1. The van der Waals surface area contributed by atoms with Crippen molar-refractivity contribution in [1.29, 1.82) is 0 Å². The van der Waals surface area contributed by atoms with Crippen LogP contribution in [0.5, 0.6) is 0 Å². The van der Waals surface area contributed by atoms with Crippen molar-refractivity contribution in [3.05, 3.63) is 30.3 Å². The Hall–Kier alpha value is -1.60. The van der Waals surface area contributed by atoms with Crippen LogP contribution in [0.1, 0.15) is 12.8 Å². The van der Waals surface area contributed by atoms with Crippen LogP contribution in [0.15, 0.2) is 35.2 Å². The zero-order valence-electron chi connectivity index (χ0n) is 13.1. The molecule has 0 unspecified atom stereocenters. The second-order valence-corrected chi connectivity index (χ2v) is 8.26. The number of hydrogen-bond acceptors (Lipinski definition) is 4. The van der Waals surface area contributed by atoms with Crippen LogP contribution in [-0.4, -0.2) is 68.8 Å². The number of benzene rings is 1. The van der Waals surface area contributed by atoms with Crippen molar-refractivity contribution in [3.63, 3.8) is 0 Å². The first kappa shape index (κ1) is 16.3. The molecule has 2 heterocycles. The fourth-order valence-electron chi connectivity index (χ4n) is 3.32. The molecule has 6 nitrogen and oxygen atoms in total. The highest BCUT2D eigenvalue weighted by Crippen LogP contribution is 2.18. The predicted molar refractivity (Wildman–Crippen MR) is 88.1 cm³/mol. The molecule has 2 amide bonds. The average molecular weight is 337 g/mol. The van der Waals surface area contributed by atoms with Crippen LogP contribution in [0, 0.1) is 0 Å². The Balaban J connectivity index is 1.57. The number of amides is 2. The summed E-state index contributed by atoms with van der Waals surface area (Å²) < 4.78 is 24.7. The maximum atomic E-state index is 12.4. The minimum absolute atomic E-state index is 0.00811. The molecule has 2 saturated heterocycles. The normalized spacial score (nSPS) is 23.0. The first-order valence-corrected chi connectivity index (χ1v) is 9.76. The Kier molecular flexibility index (Phi) is 4.87. The molecule has 2 aliphatic heterocycles. The molecular formula is C16H23N3O3S. The van der Waals surface area contributed by atoms with Gasteiger partial charge in [0.25, 0.3) is 0 Å². The van der Waals surface area contributed by atoms with E-state index in [1.165, 1.54) is 0 Å². The van der Waals surface area contributed by atoms with E-state index in [-0.39, 0.29) is 17.8 Å². The van der Waals surface area contributed by atoms with Gasteiger partial charge in [0, 0.05) is 32.2 Å². The Morgan fingerprint density at radius 2 is 1.96 bits per heavy atom. The Morgan fingerprint density at radius 1 is 1.17 bits per heavy atom. The van der Waals surface area contributed by atoms with Crippen molar-refractivity contribution < 1.29 is 13.2 Å². The van der Waals surface area contributed by atoms with Gasteiger partial charge in [0.1, 0.15) is 0 Å². The van der Waals surface area contributed by atoms with E-state index < -0.39 is 9.84 Å². The van der Waals surface area contributed by atoms with Crippen molar-refractivity contribution in [2.45, 2.75) is 23.8 Å². The van der Waals surface area contributed by atoms with Gasteiger partial charge in [-0.1, -0.05) is 18.2 Å².